The van der Waals surface area contributed by atoms with E-state index in [-0.39, 0.29) is 22.8 Å². The van der Waals surface area contributed by atoms with Crippen molar-refractivity contribution in [2.45, 2.75) is 19.3 Å². The Labute approximate surface area is 131 Å². The summed E-state index contributed by atoms with van der Waals surface area (Å²) >= 11 is 1.65. The molecule has 0 N–H and O–H groups in total. The van der Waals surface area contributed by atoms with Gasteiger partial charge in [0.1, 0.15) is 5.69 Å². The highest BCUT2D eigenvalue weighted by Gasteiger charge is 2.24. The van der Waals surface area contributed by atoms with E-state index in [9.17, 15) is 4.79 Å². The van der Waals surface area contributed by atoms with Crippen molar-refractivity contribution in [3.8, 4) is 11.3 Å². The molecule has 2 heterocycles. The molecule has 0 unspecified atom stereocenters. The van der Waals surface area contributed by atoms with Crippen LogP contribution in [0.4, 0.5) is 0 Å². The fraction of sp³-hybridized carbons (Fsp3) is 0.200. The molecule has 1 aromatic carbocycles. The molecule has 1 aliphatic carbocycles. The molecule has 0 amide bonds. The van der Waals surface area contributed by atoms with Crippen LogP contribution < -0.4 is 0 Å². The minimum absolute atomic E-state index is 0. The zero-order chi connectivity index (χ0) is 12.8. The molecule has 0 saturated heterocycles. The summed E-state index contributed by atoms with van der Waals surface area (Å²) in [6, 6.07) is 10.1. The van der Waals surface area contributed by atoms with E-state index in [1.54, 1.807) is 11.3 Å². The van der Waals surface area contributed by atoms with Gasteiger partial charge in [0.2, 0.25) is 0 Å². The summed E-state index contributed by atoms with van der Waals surface area (Å²) in [5, 5.41) is 0. The normalized spacial score (nSPS) is 14.1. The van der Waals surface area contributed by atoms with Crippen LogP contribution in [0, 0.1) is 0 Å². The van der Waals surface area contributed by atoms with Crippen LogP contribution in [0.3, 0.4) is 0 Å². The van der Waals surface area contributed by atoms with Crippen LogP contribution in [0.5, 0.6) is 0 Å². The van der Waals surface area contributed by atoms with Gasteiger partial charge in [0, 0.05) is 23.1 Å². The highest BCUT2D eigenvalue weighted by Crippen LogP contribution is 2.31. The Balaban J connectivity index is 0.00000121. The highest BCUT2D eigenvalue weighted by atomic mass is 79.9. The predicted octanol–water partition coefficient (Wildman–Crippen LogP) is 4.16. The predicted molar refractivity (Wildman–Crippen MR) is 86.1 cm³/mol. The van der Waals surface area contributed by atoms with Gasteiger partial charge in [-0.05, 0) is 12.8 Å². The van der Waals surface area contributed by atoms with Gasteiger partial charge in [0.05, 0.1) is 5.69 Å². The first-order valence-corrected chi connectivity index (χ1v) is 7.24. The topological polar surface area (TPSA) is 34.4 Å². The van der Waals surface area contributed by atoms with Crippen molar-refractivity contribution in [3.63, 3.8) is 0 Å². The summed E-state index contributed by atoms with van der Waals surface area (Å²) in [6.45, 7) is 0. The molecule has 0 aliphatic heterocycles. The van der Waals surface area contributed by atoms with Crippen LogP contribution in [0.2, 0.25) is 0 Å². The number of carbonyl (C=O) groups excluding carboxylic acids is 1. The zero-order valence-corrected chi connectivity index (χ0v) is 13.2. The zero-order valence-electron chi connectivity index (χ0n) is 10.7. The van der Waals surface area contributed by atoms with E-state index >= 15 is 0 Å². The molecule has 2 aromatic heterocycles. The third kappa shape index (κ3) is 2.01. The van der Waals surface area contributed by atoms with E-state index in [4.69, 9.17) is 0 Å². The van der Waals surface area contributed by atoms with E-state index in [1.165, 1.54) is 4.88 Å². The Hall–Kier alpha value is -1.46. The van der Waals surface area contributed by atoms with Gasteiger partial charge >= 0.3 is 0 Å². The summed E-state index contributed by atoms with van der Waals surface area (Å²) in [6.07, 6.45) is 4.64. The first-order valence-electron chi connectivity index (χ1n) is 6.42. The average molecular weight is 349 g/mol. The van der Waals surface area contributed by atoms with Gasteiger partial charge < -0.3 is 0 Å². The lowest BCUT2D eigenvalue weighted by Gasteiger charge is -2.08. The standard InChI is InChI=1S/C15H12N2OS.BrH/c18-12-7-4-8-13-14(12)17-9-11(16-15(17)19-13)10-5-2-1-3-6-10;/h1-3,5-6,9H,4,7-8H2;1H. The van der Waals surface area contributed by atoms with Gasteiger partial charge in [0.15, 0.2) is 10.7 Å². The largest absolute Gasteiger partial charge is 0.292 e. The number of nitrogens with zero attached hydrogens (tertiary/aromatic N) is 2. The molecule has 0 atom stereocenters. The van der Waals surface area contributed by atoms with Crippen molar-refractivity contribution in [3.05, 3.63) is 47.1 Å². The summed E-state index contributed by atoms with van der Waals surface area (Å²) in [5.74, 6) is 0.254. The van der Waals surface area contributed by atoms with Crippen molar-refractivity contribution in [1.82, 2.24) is 9.38 Å². The number of aromatic nitrogens is 2. The molecule has 5 heteroatoms. The number of hydrogen-bond acceptors (Lipinski definition) is 3. The summed E-state index contributed by atoms with van der Waals surface area (Å²) < 4.78 is 1.98. The Morgan fingerprint density at radius 3 is 2.75 bits per heavy atom. The summed E-state index contributed by atoms with van der Waals surface area (Å²) in [4.78, 5) is 18.8. The van der Waals surface area contributed by atoms with Gasteiger partial charge in [-0.15, -0.1) is 28.3 Å². The molecular formula is C15H13BrN2OS. The van der Waals surface area contributed by atoms with Crippen LogP contribution in [0.15, 0.2) is 36.5 Å². The molecular weight excluding hydrogens is 336 g/mol. The number of fused-ring (bicyclic) bond motifs is 3. The van der Waals surface area contributed by atoms with Crippen LogP contribution in [0.1, 0.15) is 28.2 Å². The van der Waals surface area contributed by atoms with Gasteiger partial charge in [-0.1, -0.05) is 30.3 Å². The SMILES string of the molecule is Br.O=C1CCCc2sc3nc(-c4ccccc4)cn3c21. The van der Waals surface area contributed by atoms with E-state index in [2.05, 4.69) is 4.98 Å². The third-order valence-electron chi connectivity index (χ3n) is 3.53. The second-order valence-electron chi connectivity index (χ2n) is 4.80. The van der Waals surface area contributed by atoms with Crippen LogP contribution in [-0.2, 0) is 6.42 Å². The minimum Gasteiger partial charge on any atom is -0.292 e. The maximum atomic E-state index is 12.1. The number of thiazole rings is 1. The van der Waals surface area contributed by atoms with Gasteiger partial charge in [-0.2, -0.15) is 0 Å². The lowest BCUT2D eigenvalue weighted by atomic mass is 10.0. The molecule has 0 radical (unpaired) electrons. The van der Waals surface area contributed by atoms with Crippen LogP contribution in [-0.4, -0.2) is 15.2 Å². The molecule has 1 aliphatic rings. The Bertz CT molecular complexity index is 776. The number of rotatable bonds is 1. The Morgan fingerprint density at radius 1 is 1.15 bits per heavy atom. The Kier molecular flexibility index (Phi) is 3.48. The molecule has 0 spiro atoms. The average Bonchev–Trinajstić information content (AvgIpc) is 2.97. The number of aryl methyl sites for hydroxylation is 1. The molecule has 4 rings (SSSR count). The van der Waals surface area contributed by atoms with E-state index in [0.717, 1.165) is 34.8 Å². The molecule has 20 heavy (non-hydrogen) atoms. The highest BCUT2D eigenvalue weighted by molar-refractivity contribution is 8.93. The van der Waals surface area contributed by atoms with Gasteiger partial charge in [-0.3, -0.25) is 9.20 Å². The number of ketones is 1. The maximum absolute atomic E-state index is 12.1. The molecule has 102 valence electrons. The first-order chi connectivity index (χ1) is 9.33. The van der Waals surface area contributed by atoms with Crippen LogP contribution >= 0.6 is 28.3 Å². The molecule has 3 nitrogen and oxygen atoms in total. The number of imidazole rings is 1. The molecule has 3 aromatic rings. The van der Waals surface area contributed by atoms with Crippen molar-refractivity contribution in [2.24, 2.45) is 0 Å². The minimum atomic E-state index is 0. The fourth-order valence-corrected chi connectivity index (χ4v) is 3.79. The number of Topliss-reactive ketones (excluding diaryl/α,β-unsaturated/α-hetero) is 1. The number of benzene rings is 1. The van der Waals surface area contributed by atoms with Crippen molar-refractivity contribution < 1.29 is 4.79 Å². The fourth-order valence-electron chi connectivity index (χ4n) is 2.62. The van der Waals surface area contributed by atoms with Gasteiger partial charge in [-0.25, -0.2) is 4.98 Å². The van der Waals surface area contributed by atoms with Crippen molar-refractivity contribution >= 4 is 39.1 Å². The monoisotopic (exact) mass is 348 g/mol. The summed E-state index contributed by atoms with van der Waals surface area (Å²) in [7, 11) is 0. The lowest BCUT2D eigenvalue weighted by Crippen LogP contribution is -2.10. The van der Waals surface area contributed by atoms with Crippen molar-refractivity contribution in [2.75, 3.05) is 0 Å². The number of hydrogen-bond donors (Lipinski definition) is 0. The van der Waals surface area contributed by atoms with E-state index in [1.807, 2.05) is 40.9 Å². The number of halogens is 1. The molecule has 0 fully saturated rings. The quantitative estimate of drug-likeness (QED) is 0.661. The number of carbonyl (C=O) groups is 1. The second-order valence-corrected chi connectivity index (χ2v) is 5.86. The smallest absolute Gasteiger partial charge is 0.195 e. The lowest BCUT2D eigenvalue weighted by molar-refractivity contribution is 0.0967. The van der Waals surface area contributed by atoms with E-state index in [0.29, 0.717) is 6.42 Å². The third-order valence-corrected chi connectivity index (χ3v) is 4.65. The maximum Gasteiger partial charge on any atom is 0.195 e. The van der Waals surface area contributed by atoms with Crippen molar-refractivity contribution in [1.29, 1.82) is 0 Å². The molecule has 0 bridgehead atoms. The summed E-state index contributed by atoms with van der Waals surface area (Å²) in [5.41, 5.74) is 2.89. The Morgan fingerprint density at radius 2 is 1.95 bits per heavy atom. The van der Waals surface area contributed by atoms with Gasteiger partial charge in [0.25, 0.3) is 0 Å². The second kappa shape index (κ2) is 5.14. The first kappa shape index (κ1) is 13.5. The van der Waals surface area contributed by atoms with E-state index < -0.39 is 0 Å². The molecule has 0 saturated carbocycles. The van der Waals surface area contributed by atoms with Crippen LogP contribution in [0.25, 0.3) is 16.2 Å².